The second-order valence-corrected chi connectivity index (χ2v) is 7.74. The Labute approximate surface area is 192 Å². The second-order valence-electron chi connectivity index (χ2n) is 7.74. The van der Waals surface area contributed by atoms with E-state index in [1.807, 2.05) is 0 Å². The van der Waals surface area contributed by atoms with Crippen molar-refractivity contribution in [2.75, 3.05) is 18.5 Å². The minimum atomic E-state index is -4.48. The normalized spacial score (nSPS) is 17.9. The zero-order valence-corrected chi connectivity index (χ0v) is 17.8. The van der Waals surface area contributed by atoms with E-state index in [0.29, 0.717) is 18.7 Å². The van der Waals surface area contributed by atoms with Crippen LogP contribution in [0.3, 0.4) is 0 Å². The molecule has 1 aromatic heterocycles. The van der Waals surface area contributed by atoms with Crippen LogP contribution in [-0.2, 0) is 22.3 Å². The first-order valence-electron chi connectivity index (χ1n) is 10.3. The molecule has 2 heterocycles. The molecule has 0 saturated carbocycles. The van der Waals surface area contributed by atoms with E-state index in [4.69, 9.17) is 4.74 Å². The van der Waals surface area contributed by atoms with Gasteiger partial charge < -0.3 is 20.7 Å². The van der Waals surface area contributed by atoms with E-state index in [9.17, 15) is 22.8 Å². The molecule has 0 aliphatic carbocycles. The Morgan fingerprint density at radius 3 is 2.53 bits per heavy atom. The lowest BCUT2D eigenvalue weighted by Crippen LogP contribution is -2.59. The Morgan fingerprint density at radius 2 is 1.88 bits per heavy atom. The smallest absolute Gasteiger partial charge is 0.378 e. The summed E-state index contributed by atoms with van der Waals surface area (Å²) in [5.74, 6) is -0.966. The number of ether oxygens (including phenoxy) is 1. The van der Waals surface area contributed by atoms with E-state index in [-0.39, 0.29) is 24.5 Å². The van der Waals surface area contributed by atoms with Gasteiger partial charge in [-0.15, -0.1) is 0 Å². The van der Waals surface area contributed by atoms with Gasteiger partial charge in [-0.05, 0) is 29.8 Å². The molecule has 12 heteroatoms. The molecule has 34 heavy (non-hydrogen) atoms. The van der Waals surface area contributed by atoms with Crippen LogP contribution in [-0.4, -0.2) is 46.0 Å². The fourth-order valence-electron chi connectivity index (χ4n) is 3.54. The predicted molar refractivity (Wildman–Crippen MR) is 115 cm³/mol. The SMILES string of the molecule is O=C(NC1(C(=O)NCc2ccc(Nc3ccccc3C(F)(F)F)cc2)CCOC1)c1cn[nH]n1. The molecule has 0 bridgehead atoms. The average Bonchev–Trinajstić information content (AvgIpc) is 3.51. The highest BCUT2D eigenvalue weighted by molar-refractivity contribution is 5.98. The third-order valence-electron chi connectivity index (χ3n) is 5.38. The van der Waals surface area contributed by atoms with Crippen molar-refractivity contribution >= 4 is 23.2 Å². The van der Waals surface area contributed by atoms with Crippen molar-refractivity contribution in [2.45, 2.75) is 24.7 Å². The average molecular weight is 474 g/mol. The van der Waals surface area contributed by atoms with Crippen molar-refractivity contribution < 1.29 is 27.5 Å². The molecule has 1 aliphatic heterocycles. The zero-order valence-electron chi connectivity index (χ0n) is 17.8. The first kappa shape index (κ1) is 23.2. The van der Waals surface area contributed by atoms with Crippen molar-refractivity contribution in [1.82, 2.24) is 26.0 Å². The summed E-state index contributed by atoms with van der Waals surface area (Å²) in [6, 6.07) is 11.8. The van der Waals surface area contributed by atoms with Crippen LogP contribution < -0.4 is 16.0 Å². The van der Waals surface area contributed by atoms with Gasteiger partial charge in [0, 0.05) is 25.3 Å². The van der Waals surface area contributed by atoms with Crippen molar-refractivity contribution in [3.8, 4) is 0 Å². The quantitative estimate of drug-likeness (QED) is 0.418. The third kappa shape index (κ3) is 5.17. The number of nitrogens with zero attached hydrogens (tertiary/aromatic N) is 2. The molecule has 178 valence electrons. The summed E-state index contributed by atoms with van der Waals surface area (Å²) in [5, 5.41) is 17.9. The van der Waals surface area contributed by atoms with Crippen LogP contribution in [0, 0.1) is 0 Å². The lowest BCUT2D eigenvalue weighted by atomic mass is 9.97. The summed E-state index contributed by atoms with van der Waals surface area (Å²) in [7, 11) is 0. The molecule has 1 saturated heterocycles. The fraction of sp³-hybridized carbons (Fsp3) is 0.273. The number of amides is 2. The van der Waals surface area contributed by atoms with Crippen molar-refractivity contribution in [1.29, 1.82) is 0 Å². The number of halogens is 3. The predicted octanol–water partition coefficient (Wildman–Crippen LogP) is 2.77. The number of anilines is 2. The molecule has 9 nitrogen and oxygen atoms in total. The van der Waals surface area contributed by atoms with Crippen LogP contribution in [0.5, 0.6) is 0 Å². The van der Waals surface area contributed by atoms with E-state index in [0.717, 1.165) is 11.6 Å². The summed E-state index contributed by atoms with van der Waals surface area (Å²) in [4.78, 5) is 25.3. The molecule has 1 fully saturated rings. The second kappa shape index (κ2) is 9.51. The number of H-pyrrole nitrogens is 1. The van der Waals surface area contributed by atoms with Gasteiger partial charge in [0.05, 0.1) is 24.1 Å². The molecule has 0 spiro atoms. The molecule has 4 rings (SSSR count). The highest BCUT2D eigenvalue weighted by atomic mass is 19.4. The van der Waals surface area contributed by atoms with Crippen LogP contribution in [0.15, 0.2) is 54.7 Å². The van der Waals surface area contributed by atoms with Gasteiger partial charge in [0.1, 0.15) is 5.54 Å². The van der Waals surface area contributed by atoms with Crippen molar-refractivity contribution in [3.63, 3.8) is 0 Å². The third-order valence-corrected chi connectivity index (χ3v) is 5.38. The van der Waals surface area contributed by atoms with E-state index in [1.165, 1.54) is 24.4 Å². The fourth-order valence-corrected chi connectivity index (χ4v) is 3.54. The van der Waals surface area contributed by atoms with E-state index >= 15 is 0 Å². The van der Waals surface area contributed by atoms with Gasteiger partial charge in [-0.25, -0.2) is 0 Å². The summed E-state index contributed by atoms with van der Waals surface area (Å²) in [6.45, 7) is 0.482. The number of alkyl halides is 3. The van der Waals surface area contributed by atoms with Gasteiger partial charge in [-0.2, -0.15) is 28.6 Å². The number of aromatic amines is 1. The maximum absolute atomic E-state index is 13.2. The lowest BCUT2D eigenvalue weighted by Gasteiger charge is -2.27. The van der Waals surface area contributed by atoms with Gasteiger partial charge in [0.15, 0.2) is 5.69 Å². The number of hydrogen-bond donors (Lipinski definition) is 4. The molecule has 4 N–H and O–H groups in total. The number of hydrogen-bond acceptors (Lipinski definition) is 6. The Kier molecular flexibility index (Phi) is 6.50. The Bertz CT molecular complexity index is 1140. The number of carbonyl (C=O) groups excluding carboxylic acids is 2. The maximum Gasteiger partial charge on any atom is 0.418 e. The molecule has 1 unspecified atom stereocenters. The minimum absolute atomic E-state index is 0.0178. The van der Waals surface area contributed by atoms with E-state index < -0.39 is 29.1 Å². The Hall–Kier alpha value is -3.93. The molecule has 2 amide bonds. The largest absolute Gasteiger partial charge is 0.418 e. The Morgan fingerprint density at radius 1 is 1.12 bits per heavy atom. The standard InChI is InChI=1S/C22H21F3N6O3/c23-22(24,25)16-3-1-2-4-17(16)28-15-7-5-14(6-8-15)11-26-20(33)21(9-10-34-13-21)29-19(32)18-12-27-31-30-18/h1-8,12,28H,9-11,13H2,(H,26,33)(H,29,32)(H,27,30,31). The van der Waals surface area contributed by atoms with E-state index in [1.54, 1.807) is 24.3 Å². The van der Waals surface area contributed by atoms with Gasteiger partial charge in [0.2, 0.25) is 5.91 Å². The molecule has 0 radical (unpaired) electrons. The zero-order chi connectivity index (χ0) is 24.2. The summed E-state index contributed by atoms with van der Waals surface area (Å²) < 4.78 is 44.9. The molecular formula is C22H21F3N6O3. The van der Waals surface area contributed by atoms with Gasteiger partial charge in [-0.3, -0.25) is 9.59 Å². The molecule has 2 aromatic carbocycles. The number of benzene rings is 2. The number of para-hydroxylation sites is 1. The summed E-state index contributed by atoms with van der Waals surface area (Å²) in [5.41, 5.74) is -0.814. The summed E-state index contributed by atoms with van der Waals surface area (Å²) >= 11 is 0. The molecular weight excluding hydrogens is 453 g/mol. The number of aromatic nitrogens is 3. The number of rotatable bonds is 7. The summed E-state index contributed by atoms with van der Waals surface area (Å²) in [6.07, 6.45) is -2.93. The Balaban J connectivity index is 1.38. The van der Waals surface area contributed by atoms with Crippen molar-refractivity contribution in [3.05, 3.63) is 71.5 Å². The van der Waals surface area contributed by atoms with Crippen LogP contribution in [0.2, 0.25) is 0 Å². The molecule has 3 aromatic rings. The highest BCUT2D eigenvalue weighted by Crippen LogP contribution is 2.35. The number of carbonyl (C=O) groups is 2. The van der Waals surface area contributed by atoms with Crippen LogP contribution in [0.25, 0.3) is 0 Å². The lowest BCUT2D eigenvalue weighted by molar-refractivity contribution is -0.137. The van der Waals surface area contributed by atoms with Crippen LogP contribution in [0.4, 0.5) is 24.5 Å². The van der Waals surface area contributed by atoms with E-state index in [2.05, 4.69) is 31.4 Å². The monoisotopic (exact) mass is 474 g/mol. The maximum atomic E-state index is 13.2. The van der Waals surface area contributed by atoms with Gasteiger partial charge in [-0.1, -0.05) is 24.3 Å². The van der Waals surface area contributed by atoms with Gasteiger partial charge >= 0.3 is 6.18 Å². The first-order valence-corrected chi connectivity index (χ1v) is 10.3. The minimum Gasteiger partial charge on any atom is -0.378 e. The number of nitrogens with one attached hydrogen (secondary N) is 4. The first-order chi connectivity index (χ1) is 16.3. The molecule has 1 aliphatic rings. The van der Waals surface area contributed by atoms with Gasteiger partial charge in [0.25, 0.3) is 5.91 Å². The molecule has 1 atom stereocenters. The van der Waals surface area contributed by atoms with Crippen LogP contribution >= 0.6 is 0 Å². The topological polar surface area (TPSA) is 121 Å². The van der Waals surface area contributed by atoms with Crippen molar-refractivity contribution in [2.24, 2.45) is 0 Å². The van der Waals surface area contributed by atoms with Crippen LogP contribution in [0.1, 0.15) is 28.0 Å². The highest BCUT2D eigenvalue weighted by Gasteiger charge is 2.44.